The summed E-state index contributed by atoms with van der Waals surface area (Å²) in [6.45, 7) is 2.24. The second-order valence-corrected chi connectivity index (χ2v) is 7.38. The Morgan fingerprint density at radius 3 is 2.71 bits per heavy atom. The molecule has 1 aliphatic heterocycles. The van der Waals surface area contributed by atoms with E-state index in [1.807, 2.05) is 43.3 Å². The van der Waals surface area contributed by atoms with Crippen LogP contribution >= 0.6 is 11.8 Å². The van der Waals surface area contributed by atoms with E-state index in [1.54, 1.807) is 12.1 Å². The maximum Gasteiger partial charge on any atom is 0.262 e. The molecule has 7 heteroatoms. The van der Waals surface area contributed by atoms with Gasteiger partial charge in [-0.1, -0.05) is 41.6 Å². The summed E-state index contributed by atoms with van der Waals surface area (Å²) >= 11 is 1.39. The molecule has 0 spiro atoms. The molecule has 0 aromatic heterocycles. The predicted molar refractivity (Wildman–Crippen MR) is 110 cm³/mol. The number of nitrogens with one attached hydrogen (secondary N) is 2. The average Bonchev–Trinajstić information content (AvgIpc) is 2.69. The fraction of sp³-hybridized carbons (Fsp3) is 0.238. The molecule has 2 aromatic rings. The van der Waals surface area contributed by atoms with Crippen molar-refractivity contribution in [2.75, 3.05) is 26.1 Å². The molecule has 6 nitrogen and oxygen atoms in total. The van der Waals surface area contributed by atoms with Crippen molar-refractivity contribution in [1.82, 2.24) is 5.32 Å². The number of methoxy groups -OCH3 is 2. The number of fused-ring (bicyclic) bond motifs is 1. The van der Waals surface area contributed by atoms with Gasteiger partial charge < -0.3 is 20.1 Å². The molecule has 0 aliphatic carbocycles. The van der Waals surface area contributed by atoms with Gasteiger partial charge in [-0.3, -0.25) is 9.59 Å². The van der Waals surface area contributed by atoms with Crippen LogP contribution in [0.1, 0.15) is 21.5 Å². The lowest BCUT2D eigenvalue weighted by Crippen LogP contribution is -2.34. The molecule has 0 fully saturated rings. The van der Waals surface area contributed by atoms with E-state index in [4.69, 9.17) is 9.47 Å². The van der Waals surface area contributed by atoms with Crippen LogP contribution in [0.2, 0.25) is 0 Å². The standard InChI is InChI=1S/C21H22N2O4S/c1-13-5-4-6-14(9-13)10-18-21(25)23-16-11-15(7-8-17(16)28-18)20(24)22-12-19(26-2)27-3/h4-11,19H,12H2,1-3H3,(H,22,24)(H,23,25)/b18-10+. The van der Waals surface area contributed by atoms with E-state index in [1.165, 1.54) is 26.0 Å². The van der Waals surface area contributed by atoms with Crippen molar-refractivity contribution in [3.8, 4) is 0 Å². The molecule has 2 N–H and O–H groups in total. The second-order valence-electron chi connectivity index (χ2n) is 6.30. The maximum absolute atomic E-state index is 12.5. The number of rotatable bonds is 6. The number of benzene rings is 2. The summed E-state index contributed by atoms with van der Waals surface area (Å²) in [6.07, 6.45) is 1.36. The van der Waals surface area contributed by atoms with Gasteiger partial charge >= 0.3 is 0 Å². The van der Waals surface area contributed by atoms with Crippen LogP contribution in [0.5, 0.6) is 0 Å². The summed E-state index contributed by atoms with van der Waals surface area (Å²) in [5.41, 5.74) is 3.19. The quantitative estimate of drug-likeness (QED) is 0.576. The monoisotopic (exact) mass is 398 g/mol. The number of anilines is 1. The fourth-order valence-corrected chi connectivity index (χ4v) is 3.69. The van der Waals surface area contributed by atoms with Gasteiger partial charge in [0.2, 0.25) is 0 Å². The molecule has 0 bridgehead atoms. The molecule has 0 saturated carbocycles. The van der Waals surface area contributed by atoms with Crippen LogP contribution in [-0.2, 0) is 14.3 Å². The third kappa shape index (κ3) is 4.81. The van der Waals surface area contributed by atoms with E-state index in [0.717, 1.165) is 16.0 Å². The van der Waals surface area contributed by atoms with Crippen LogP contribution in [-0.4, -0.2) is 38.9 Å². The van der Waals surface area contributed by atoms with Crippen LogP contribution in [0, 0.1) is 6.92 Å². The smallest absolute Gasteiger partial charge is 0.262 e. The van der Waals surface area contributed by atoms with Gasteiger partial charge in [-0.25, -0.2) is 0 Å². The first kappa shape index (κ1) is 20.1. The Balaban J connectivity index is 1.75. The van der Waals surface area contributed by atoms with Crippen molar-refractivity contribution in [3.05, 3.63) is 64.1 Å². The van der Waals surface area contributed by atoms with Gasteiger partial charge in [0.1, 0.15) is 0 Å². The topological polar surface area (TPSA) is 76.7 Å². The zero-order valence-corrected chi connectivity index (χ0v) is 16.8. The van der Waals surface area contributed by atoms with Gasteiger partial charge in [0.25, 0.3) is 11.8 Å². The SMILES string of the molecule is COC(CNC(=O)c1ccc2c(c1)NC(=O)/C(=C\c1cccc(C)c1)S2)OC. The summed E-state index contributed by atoms with van der Waals surface area (Å²) in [5.74, 6) is -0.447. The Morgan fingerprint density at radius 1 is 1.21 bits per heavy atom. The Morgan fingerprint density at radius 2 is 2.00 bits per heavy atom. The Hall–Kier alpha value is -2.61. The summed E-state index contributed by atoms with van der Waals surface area (Å²) < 4.78 is 10.1. The van der Waals surface area contributed by atoms with Crippen molar-refractivity contribution in [2.24, 2.45) is 0 Å². The van der Waals surface area contributed by atoms with Gasteiger partial charge in [-0.2, -0.15) is 0 Å². The molecule has 146 valence electrons. The maximum atomic E-state index is 12.5. The lowest BCUT2D eigenvalue weighted by Gasteiger charge is -2.20. The zero-order chi connectivity index (χ0) is 20.1. The first-order chi connectivity index (χ1) is 13.5. The van der Waals surface area contributed by atoms with Crippen molar-refractivity contribution in [2.45, 2.75) is 18.1 Å². The zero-order valence-electron chi connectivity index (χ0n) is 15.9. The minimum absolute atomic E-state index is 0.185. The number of hydrogen-bond donors (Lipinski definition) is 2. The first-order valence-electron chi connectivity index (χ1n) is 8.75. The highest BCUT2D eigenvalue weighted by atomic mass is 32.2. The summed E-state index contributed by atoms with van der Waals surface area (Å²) in [5, 5.41) is 5.62. The highest BCUT2D eigenvalue weighted by molar-refractivity contribution is 8.04. The molecular formula is C21H22N2O4S. The highest BCUT2D eigenvalue weighted by Crippen LogP contribution is 2.39. The van der Waals surface area contributed by atoms with Crippen molar-refractivity contribution < 1.29 is 19.1 Å². The van der Waals surface area contributed by atoms with Crippen LogP contribution < -0.4 is 10.6 Å². The molecule has 0 atom stereocenters. The lowest BCUT2D eigenvalue weighted by molar-refractivity contribution is -0.112. The predicted octanol–water partition coefficient (Wildman–Crippen LogP) is 3.43. The van der Waals surface area contributed by atoms with Gasteiger partial charge in [-0.15, -0.1) is 0 Å². The van der Waals surface area contributed by atoms with E-state index in [-0.39, 0.29) is 18.4 Å². The largest absolute Gasteiger partial charge is 0.354 e. The second kappa shape index (κ2) is 9.05. The molecule has 3 rings (SSSR count). The van der Waals surface area contributed by atoms with Gasteiger partial charge in [0.15, 0.2) is 6.29 Å². The summed E-state index contributed by atoms with van der Waals surface area (Å²) in [6, 6.07) is 13.2. The Kier molecular flexibility index (Phi) is 6.51. The third-order valence-electron chi connectivity index (χ3n) is 4.23. The fourth-order valence-electron chi connectivity index (χ4n) is 2.75. The van der Waals surface area contributed by atoms with Crippen molar-refractivity contribution in [3.63, 3.8) is 0 Å². The molecule has 2 aromatic carbocycles. The van der Waals surface area contributed by atoms with Crippen LogP contribution in [0.3, 0.4) is 0 Å². The Bertz CT molecular complexity index is 922. The van der Waals surface area contributed by atoms with Crippen LogP contribution in [0.4, 0.5) is 5.69 Å². The van der Waals surface area contributed by atoms with Gasteiger partial charge in [-0.05, 0) is 36.8 Å². The number of thioether (sulfide) groups is 1. The molecular weight excluding hydrogens is 376 g/mol. The molecule has 2 amide bonds. The summed E-state index contributed by atoms with van der Waals surface area (Å²) in [7, 11) is 3.02. The highest BCUT2D eigenvalue weighted by Gasteiger charge is 2.22. The van der Waals surface area contributed by atoms with Gasteiger partial charge in [0.05, 0.1) is 17.1 Å². The molecule has 1 heterocycles. The number of amides is 2. The summed E-state index contributed by atoms with van der Waals surface area (Å²) in [4.78, 5) is 26.3. The van der Waals surface area contributed by atoms with Crippen LogP contribution in [0.25, 0.3) is 6.08 Å². The first-order valence-corrected chi connectivity index (χ1v) is 9.57. The van der Waals surface area contributed by atoms with E-state index >= 15 is 0 Å². The normalized spacial score (nSPS) is 14.7. The third-order valence-corrected chi connectivity index (χ3v) is 5.33. The Labute approximate surface area is 168 Å². The molecule has 1 aliphatic rings. The average molecular weight is 398 g/mol. The number of ether oxygens (including phenoxy) is 2. The van der Waals surface area contributed by atoms with Crippen molar-refractivity contribution in [1.29, 1.82) is 0 Å². The molecule has 28 heavy (non-hydrogen) atoms. The number of carbonyl (C=O) groups is 2. The van der Waals surface area contributed by atoms with Crippen LogP contribution in [0.15, 0.2) is 52.3 Å². The van der Waals surface area contributed by atoms with E-state index < -0.39 is 6.29 Å². The molecule has 0 radical (unpaired) electrons. The van der Waals surface area contributed by atoms with Crippen molar-refractivity contribution >= 4 is 35.3 Å². The minimum atomic E-state index is -0.508. The number of aryl methyl sites for hydroxylation is 1. The van der Waals surface area contributed by atoms with E-state index in [2.05, 4.69) is 10.6 Å². The molecule has 0 unspecified atom stereocenters. The number of carbonyl (C=O) groups excluding carboxylic acids is 2. The van der Waals surface area contributed by atoms with Gasteiger partial charge in [0, 0.05) is 24.7 Å². The minimum Gasteiger partial charge on any atom is -0.354 e. The van der Waals surface area contributed by atoms with E-state index in [0.29, 0.717) is 16.2 Å². The lowest BCUT2D eigenvalue weighted by atomic mass is 10.1. The molecule has 0 saturated heterocycles. The number of hydrogen-bond acceptors (Lipinski definition) is 5. The van der Waals surface area contributed by atoms with E-state index in [9.17, 15) is 9.59 Å².